The van der Waals surface area contributed by atoms with Gasteiger partial charge in [0.05, 0.1) is 17.3 Å². The molecule has 1 aliphatic heterocycles. The molecule has 0 fully saturated rings. The van der Waals surface area contributed by atoms with Crippen LogP contribution in [0.4, 0.5) is 0 Å². The van der Waals surface area contributed by atoms with Gasteiger partial charge in [-0.05, 0) is 39.2 Å². The Balaban J connectivity index is 3.04. The second-order valence-electron chi connectivity index (χ2n) is 6.43. The van der Waals surface area contributed by atoms with Crippen LogP contribution in [0.5, 0.6) is 0 Å². The lowest BCUT2D eigenvalue weighted by Gasteiger charge is -2.45. The molecule has 1 rings (SSSR count). The van der Waals surface area contributed by atoms with Crippen molar-refractivity contribution in [3.63, 3.8) is 0 Å². The molecular formula is C13H24N2. The molecule has 1 heterocycles. The van der Waals surface area contributed by atoms with Crippen LogP contribution in [0.15, 0.2) is 17.3 Å². The third kappa shape index (κ3) is 2.83. The van der Waals surface area contributed by atoms with E-state index in [1.54, 1.807) is 0 Å². The van der Waals surface area contributed by atoms with Crippen LogP contribution in [0.25, 0.3) is 0 Å². The van der Waals surface area contributed by atoms with Gasteiger partial charge in [0.25, 0.3) is 0 Å². The van der Waals surface area contributed by atoms with Crippen LogP contribution < -0.4 is 0 Å². The van der Waals surface area contributed by atoms with E-state index in [0.717, 1.165) is 5.71 Å². The van der Waals surface area contributed by atoms with Crippen LogP contribution >= 0.6 is 0 Å². The third-order valence-corrected chi connectivity index (χ3v) is 2.62. The quantitative estimate of drug-likeness (QED) is 0.595. The Morgan fingerprint density at radius 2 is 1.67 bits per heavy atom. The smallest absolute Gasteiger partial charge is 0.0709 e. The van der Waals surface area contributed by atoms with Crippen molar-refractivity contribution in [2.45, 2.75) is 60.0 Å². The zero-order chi connectivity index (χ0) is 11.9. The van der Waals surface area contributed by atoms with Crippen molar-refractivity contribution in [2.75, 3.05) is 0 Å². The molecule has 15 heavy (non-hydrogen) atoms. The standard InChI is InChI=1S/C13H24N2/c1-10-8-9-11(12(2,3)4)15(14-10)13(5,6)7/h8-9,11H,1-7H3. The van der Waals surface area contributed by atoms with E-state index in [1.807, 2.05) is 6.92 Å². The summed E-state index contributed by atoms with van der Waals surface area (Å²) in [5.74, 6) is 0. The molecule has 0 amide bonds. The van der Waals surface area contributed by atoms with E-state index in [1.165, 1.54) is 0 Å². The predicted molar refractivity (Wildman–Crippen MR) is 67.1 cm³/mol. The summed E-state index contributed by atoms with van der Waals surface area (Å²) in [5.41, 5.74) is 1.38. The van der Waals surface area contributed by atoms with E-state index in [-0.39, 0.29) is 11.0 Å². The molecule has 1 atom stereocenters. The molecular weight excluding hydrogens is 184 g/mol. The molecule has 2 heteroatoms. The first-order chi connectivity index (χ1) is 6.62. The Bertz CT molecular complexity index is 287. The van der Waals surface area contributed by atoms with Crippen molar-refractivity contribution in [3.8, 4) is 0 Å². The van der Waals surface area contributed by atoms with Gasteiger partial charge in [-0.2, -0.15) is 5.10 Å². The van der Waals surface area contributed by atoms with Gasteiger partial charge in [-0.15, -0.1) is 0 Å². The molecule has 0 spiro atoms. The van der Waals surface area contributed by atoms with Crippen molar-refractivity contribution >= 4 is 5.71 Å². The second kappa shape index (κ2) is 3.66. The van der Waals surface area contributed by atoms with E-state index in [2.05, 4.69) is 63.8 Å². The summed E-state index contributed by atoms with van der Waals surface area (Å²) >= 11 is 0. The average Bonchev–Trinajstić information content (AvgIpc) is 2.00. The predicted octanol–water partition coefficient (Wildman–Crippen LogP) is 3.45. The van der Waals surface area contributed by atoms with E-state index >= 15 is 0 Å². The van der Waals surface area contributed by atoms with Crippen molar-refractivity contribution in [1.29, 1.82) is 0 Å². The maximum absolute atomic E-state index is 4.66. The first-order valence-corrected chi connectivity index (χ1v) is 5.65. The number of rotatable bonds is 0. The highest BCUT2D eigenvalue weighted by Crippen LogP contribution is 2.32. The van der Waals surface area contributed by atoms with Gasteiger partial charge in [0.15, 0.2) is 0 Å². The fourth-order valence-corrected chi connectivity index (χ4v) is 1.80. The first kappa shape index (κ1) is 12.3. The number of allylic oxidation sites excluding steroid dienone is 1. The van der Waals surface area contributed by atoms with E-state index in [9.17, 15) is 0 Å². The molecule has 0 bridgehead atoms. The maximum Gasteiger partial charge on any atom is 0.0709 e. The molecule has 1 unspecified atom stereocenters. The lowest BCUT2D eigenvalue weighted by atomic mass is 9.83. The summed E-state index contributed by atoms with van der Waals surface area (Å²) in [5, 5.41) is 6.89. The van der Waals surface area contributed by atoms with Gasteiger partial charge in [0.2, 0.25) is 0 Å². The summed E-state index contributed by atoms with van der Waals surface area (Å²) in [6, 6.07) is 0.376. The van der Waals surface area contributed by atoms with Gasteiger partial charge in [-0.25, -0.2) is 0 Å². The highest BCUT2D eigenvalue weighted by molar-refractivity contribution is 5.93. The van der Waals surface area contributed by atoms with Gasteiger partial charge >= 0.3 is 0 Å². The number of hydrazone groups is 1. The Morgan fingerprint density at radius 1 is 1.13 bits per heavy atom. The van der Waals surface area contributed by atoms with Gasteiger partial charge in [0, 0.05) is 0 Å². The van der Waals surface area contributed by atoms with Crippen molar-refractivity contribution in [1.82, 2.24) is 5.01 Å². The Kier molecular flexibility index (Phi) is 2.99. The highest BCUT2D eigenvalue weighted by Gasteiger charge is 2.35. The van der Waals surface area contributed by atoms with E-state index in [4.69, 9.17) is 0 Å². The minimum atomic E-state index is 0.0734. The molecule has 86 valence electrons. The second-order valence-corrected chi connectivity index (χ2v) is 6.43. The van der Waals surface area contributed by atoms with Crippen molar-refractivity contribution in [3.05, 3.63) is 12.2 Å². The zero-order valence-electron chi connectivity index (χ0n) is 11.1. The van der Waals surface area contributed by atoms with E-state index < -0.39 is 0 Å². The van der Waals surface area contributed by atoms with Crippen LogP contribution in [0.2, 0.25) is 0 Å². The zero-order valence-corrected chi connectivity index (χ0v) is 11.1. The van der Waals surface area contributed by atoms with Crippen LogP contribution in [-0.2, 0) is 0 Å². The number of nitrogens with zero attached hydrogens (tertiary/aromatic N) is 2. The monoisotopic (exact) mass is 208 g/mol. The SMILES string of the molecule is CC1=NN(C(C)(C)C)C(C(C)(C)C)C=C1. The summed E-state index contributed by atoms with van der Waals surface area (Å²) in [7, 11) is 0. The van der Waals surface area contributed by atoms with E-state index in [0.29, 0.717) is 6.04 Å². The first-order valence-electron chi connectivity index (χ1n) is 5.65. The fourth-order valence-electron chi connectivity index (χ4n) is 1.80. The minimum absolute atomic E-state index is 0.0734. The fraction of sp³-hybridized carbons (Fsp3) is 0.769. The Hall–Kier alpha value is -0.790. The Morgan fingerprint density at radius 3 is 2.07 bits per heavy atom. The average molecular weight is 208 g/mol. The maximum atomic E-state index is 4.66. The van der Waals surface area contributed by atoms with Gasteiger partial charge in [-0.3, -0.25) is 5.01 Å². The summed E-state index contributed by atoms with van der Waals surface area (Å²) in [6.45, 7) is 15.5. The molecule has 2 nitrogen and oxygen atoms in total. The van der Waals surface area contributed by atoms with Crippen LogP contribution in [-0.4, -0.2) is 22.3 Å². The van der Waals surface area contributed by atoms with Crippen molar-refractivity contribution in [2.24, 2.45) is 10.5 Å². The van der Waals surface area contributed by atoms with Crippen LogP contribution in [0.1, 0.15) is 48.5 Å². The third-order valence-electron chi connectivity index (χ3n) is 2.62. The normalized spacial score (nSPS) is 23.0. The molecule has 0 saturated heterocycles. The highest BCUT2D eigenvalue weighted by atomic mass is 15.5. The van der Waals surface area contributed by atoms with Gasteiger partial charge < -0.3 is 0 Å². The lowest BCUT2D eigenvalue weighted by Crippen LogP contribution is -2.50. The van der Waals surface area contributed by atoms with Gasteiger partial charge in [0.1, 0.15) is 0 Å². The molecule has 0 aromatic rings. The van der Waals surface area contributed by atoms with Crippen LogP contribution in [0, 0.1) is 5.41 Å². The molecule has 0 aromatic carbocycles. The van der Waals surface area contributed by atoms with Gasteiger partial charge in [-0.1, -0.05) is 26.8 Å². The summed E-state index contributed by atoms with van der Waals surface area (Å²) in [4.78, 5) is 0. The lowest BCUT2D eigenvalue weighted by molar-refractivity contribution is 0.0497. The largest absolute Gasteiger partial charge is 0.284 e. The summed E-state index contributed by atoms with van der Waals surface area (Å²) < 4.78 is 0. The molecule has 0 aromatic heterocycles. The Labute approximate surface area is 94.0 Å². The number of hydrogen-bond donors (Lipinski definition) is 0. The molecule has 0 N–H and O–H groups in total. The molecule has 0 saturated carbocycles. The molecule has 1 aliphatic rings. The molecule has 0 aliphatic carbocycles. The topological polar surface area (TPSA) is 15.6 Å². The van der Waals surface area contributed by atoms with Crippen LogP contribution in [0.3, 0.4) is 0 Å². The minimum Gasteiger partial charge on any atom is -0.284 e. The summed E-state index contributed by atoms with van der Waals surface area (Å²) in [6.07, 6.45) is 4.39. The number of hydrogen-bond acceptors (Lipinski definition) is 2. The molecule has 0 radical (unpaired) electrons. The van der Waals surface area contributed by atoms with Crippen molar-refractivity contribution < 1.29 is 0 Å².